The fraction of sp³-hybridized carbons (Fsp3) is 0.471. The molecule has 0 saturated carbocycles. The van der Waals surface area contributed by atoms with Gasteiger partial charge in [-0.05, 0) is 45.9 Å². The highest BCUT2D eigenvalue weighted by molar-refractivity contribution is 5.89. The predicted molar refractivity (Wildman–Crippen MR) is 91.2 cm³/mol. The number of morpholine rings is 1. The van der Waals surface area contributed by atoms with Crippen LogP contribution < -0.4 is 5.32 Å². The number of carbonyl (C=O) groups is 1. The number of aromatic nitrogens is 3. The second kappa shape index (κ2) is 5.90. The summed E-state index contributed by atoms with van der Waals surface area (Å²) in [5.41, 5.74) is -0.0965. The van der Waals surface area contributed by atoms with Gasteiger partial charge in [0.05, 0.1) is 36.2 Å². The van der Waals surface area contributed by atoms with Crippen molar-refractivity contribution in [1.82, 2.24) is 19.7 Å². The van der Waals surface area contributed by atoms with Crippen molar-refractivity contribution in [3.63, 3.8) is 0 Å². The SMILES string of the molecule is CC1(C)CN(C(=O)Nc2ccc(-n3cccn3)nc2)CC(C)(C)O1. The predicted octanol–water partition coefficient (Wildman–Crippen LogP) is 2.69. The van der Waals surface area contributed by atoms with E-state index in [9.17, 15) is 4.79 Å². The lowest BCUT2D eigenvalue weighted by Gasteiger charge is -2.46. The molecule has 1 saturated heterocycles. The summed E-state index contributed by atoms with van der Waals surface area (Å²) in [5.74, 6) is 0.701. The van der Waals surface area contributed by atoms with Gasteiger partial charge in [-0.3, -0.25) is 0 Å². The molecule has 1 N–H and O–H groups in total. The van der Waals surface area contributed by atoms with E-state index in [0.29, 0.717) is 24.6 Å². The van der Waals surface area contributed by atoms with E-state index < -0.39 is 0 Å². The summed E-state index contributed by atoms with van der Waals surface area (Å²) < 4.78 is 7.67. The largest absolute Gasteiger partial charge is 0.366 e. The topological polar surface area (TPSA) is 72.3 Å². The molecule has 3 rings (SSSR count). The lowest BCUT2D eigenvalue weighted by atomic mass is 9.99. The van der Waals surface area contributed by atoms with E-state index in [2.05, 4.69) is 15.4 Å². The Morgan fingerprint density at radius 1 is 1.21 bits per heavy atom. The molecule has 7 nitrogen and oxygen atoms in total. The first kappa shape index (κ1) is 16.4. The molecular weight excluding hydrogens is 306 g/mol. The van der Waals surface area contributed by atoms with Crippen LogP contribution in [0.2, 0.25) is 0 Å². The van der Waals surface area contributed by atoms with E-state index in [1.165, 1.54) is 0 Å². The molecule has 2 aromatic heterocycles. The molecule has 0 atom stereocenters. The van der Waals surface area contributed by atoms with E-state index in [1.54, 1.807) is 22.0 Å². The van der Waals surface area contributed by atoms with Crippen LogP contribution in [0.3, 0.4) is 0 Å². The van der Waals surface area contributed by atoms with Gasteiger partial charge in [0.1, 0.15) is 0 Å². The van der Waals surface area contributed by atoms with Gasteiger partial charge in [-0.15, -0.1) is 0 Å². The zero-order valence-corrected chi connectivity index (χ0v) is 14.5. The van der Waals surface area contributed by atoms with Gasteiger partial charge in [0.25, 0.3) is 0 Å². The van der Waals surface area contributed by atoms with Crippen LogP contribution in [0.5, 0.6) is 0 Å². The Morgan fingerprint density at radius 3 is 2.46 bits per heavy atom. The molecule has 0 unspecified atom stereocenters. The quantitative estimate of drug-likeness (QED) is 0.919. The standard InChI is InChI=1S/C17H23N5O2/c1-16(2)11-21(12-17(3,4)24-16)15(23)20-13-6-7-14(18-10-13)22-9-5-8-19-22/h5-10H,11-12H2,1-4H3,(H,20,23). The van der Waals surface area contributed by atoms with Crippen molar-refractivity contribution in [2.45, 2.75) is 38.9 Å². The van der Waals surface area contributed by atoms with E-state index in [1.807, 2.05) is 52.1 Å². The molecule has 1 aliphatic heterocycles. The third-order valence-electron chi connectivity index (χ3n) is 3.72. The maximum Gasteiger partial charge on any atom is 0.322 e. The summed E-state index contributed by atoms with van der Waals surface area (Å²) in [6, 6.07) is 5.32. The van der Waals surface area contributed by atoms with Crippen LogP contribution in [-0.4, -0.2) is 50.0 Å². The molecule has 0 bridgehead atoms. The van der Waals surface area contributed by atoms with Crippen LogP contribution in [0, 0.1) is 0 Å². The first-order valence-corrected chi connectivity index (χ1v) is 7.96. The van der Waals surface area contributed by atoms with Crippen LogP contribution in [0.4, 0.5) is 10.5 Å². The van der Waals surface area contributed by atoms with Crippen molar-refractivity contribution in [1.29, 1.82) is 0 Å². The second-order valence-corrected chi connectivity index (χ2v) is 7.26. The third kappa shape index (κ3) is 3.73. The van der Waals surface area contributed by atoms with Gasteiger partial charge in [-0.2, -0.15) is 5.10 Å². The molecule has 24 heavy (non-hydrogen) atoms. The van der Waals surface area contributed by atoms with Crippen molar-refractivity contribution >= 4 is 11.7 Å². The van der Waals surface area contributed by atoms with Crippen molar-refractivity contribution in [3.05, 3.63) is 36.8 Å². The summed E-state index contributed by atoms with van der Waals surface area (Å²) in [7, 11) is 0. The summed E-state index contributed by atoms with van der Waals surface area (Å²) in [6.07, 6.45) is 5.14. The number of hydrogen-bond acceptors (Lipinski definition) is 4. The lowest BCUT2D eigenvalue weighted by Crippen LogP contribution is -2.59. The number of anilines is 1. The fourth-order valence-corrected chi connectivity index (χ4v) is 3.13. The van der Waals surface area contributed by atoms with Gasteiger partial charge in [-0.1, -0.05) is 0 Å². The molecule has 2 amide bonds. The van der Waals surface area contributed by atoms with Gasteiger partial charge < -0.3 is 15.0 Å². The number of carbonyl (C=O) groups excluding carboxylic acids is 1. The molecule has 2 aromatic rings. The Bertz CT molecular complexity index is 691. The number of rotatable bonds is 2. The normalized spacial score (nSPS) is 19.1. The van der Waals surface area contributed by atoms with Crippen molar-refractivity contribution in [3.8, 4) is 5.82 Å². The molecule has 0 aliphatic carbocycles. The Kier molecular flexibility index (Phi) is 4.04. The summed E-state index contributed by atoms with van der Waals surface area (Å²) in [4.78, 5) is 18.7. The Labute approximate surface area is 141 Å². The van der Waals surface area contributed by atoms with E-state index in [-0.39, 0.29) is 17.2 Å². The highest BCUT2D eigenvalue weighted by atomic mass is 16.5. The maximum atomic E-state index is 12.6. The Balaban J connectivity index is 1.68. The number of nitrogens with zero attached hydrogens (tertiary/aromatic N) is 4. The number of pyridine rings is 1. The van der Waals surface area contributed by atoms with Crippen LogP contribution in [0.1, 0.15) is 27.7 Å². The van der Waals surface area contributed by atoms with E-state index in [0.717, 1.165) is 0 Å². The van der Waals surface area contributed by atoms with Crippen molar-refractivity contribution in [2.24, 2.45) is 0 Å². The average molecular weight is 329 g/mol. The molecular formula is C17H23N5O2. The summed E-state index contributed by atoms with van der Waals surface area (Å²) in [6.45, 7) is 9.06. The highest BCUT2D eigenvalue weighted by Gasteiger charge is 2.40. The molecule has 1 fully saturated rings. The molecule has 1 aliphatic rings. The third-order valence-corrected chi connectivity index (χ3v) is 3.72. The highest BCUT2D eigenvalue weighted by Crippen LogP contribution is 2.28. The van der Waals surface area contributed by atoms with Crippen molar-refractivity contribution in [2.75, 3.05) is 18.4 Å². The minimum Gasteiger partial charge on any atom is -0.366 e. The van der Waals surface area contributed by atoms with E-state index >= 15 is 0 Å². The van der Waals surface area contributed by atoms with Crippen LogP contribution in [0.25, 0.3) is 5.82 Å². The number of nitrogens with one attached hydrogen (secondary N) is 1. The minimum atomic E-state index is -0.374. The average Bonchev–Trinajstić information content (AvgIpc) is 2.99. The van der Waals surface area contributed by atoms with Crippen LogP contribution >= 0.6 is 0 Å². The van der Waals surface area contributed by atoms with Gasteiger partial charge in [0.15, 0.2) is 5.82 Å². The maximum absolute atomic E-state index is 12.6. The van der Waals surface area contributed by atoms with Crippen LogP contribution in [-0.2, 0) is 4.74 Å². The van der Waals surface area contributed by atoms with Gasteiger partial charge >= 0.3 is 6.03 Å². The fourth-order valence-electron chi connectivity index (χ4n) is 3.13. The number of ether oxygens (including phenoxy) is 1. The van der Waals surface area contributed by atoms with Crippen LogP contribution in [0.15, 0.2) is 36.8 Å². The lowest BCUT2D eigenvalue weighted by molar-refractivity contribution is -0.169. The molecule has 0 aromatic carbocycles. The summed E-state index contributed by atoms with van der Waals surface area (Å²) >= 11 is 0. The molecule has 0 radical (unpaired) electrons. The number of hydrogen-bond donors (Lipinski definition) is 1. The Hall–Kier alpha value is -2.41. The first-order chi connectivity index (χ1) is 11.2. The van der Waals surface area contributed by atoms with Gasteiger partial charge in [0, 0.05) is 12.4 Å². The number of amides is 2. The molecule has 7 heteroatoms. The van der Waals surface area contributed by atoms with Gasteiger partial charge in [-0.25, -0.2) is 14.5 Å². The monoisotopic (exact) mass is 329 g/mol. The summed E-state index contributed by atoms with van der Waals surface area (Å²) in [5, 5.41) is 7.03. The Morgan fingerprint density at radius 2 is 1.92 bits per heavy atom. The minimum absolute atomic E-state index is 0.145. The van der Waals surface area contributed by atoms with E-state index in [4.69, 9.17) is 4.74 Å². The first-order valence-electron chi connectivity index (χ1n) is 7.96. The van der Waals surface area contributed by atoms with Gasteiger partial charge in [0.2, 0.25) is 0 Å². The molecule has 128 valence electrons. The van der Waals surface area contributed by atoms with Crippen molar-refractivity contribution < 1.29 is 9.53 Å². The zero-order valence-electron chi connectivity index (χ0n) is 14.5. The number of urea groups is 1. The molecule has 0 spiro atoms. The smallest absolute Gasteiger partial charge is 0.322 e. The zero-order chi connectivity index (χ0) is 17.4. The molecule has 3 heterocycles. The second-order valence-electron chi connectivity index (χ2n) is 7.26.